The second-order valence-electron chi connectivity index (χ2n) is 3.63. The molecule has 0 amide bonds. The summed E-state index contributed by atoms with van der Waals surface area (Å²) in [6, 6.07) is 9.70. The van der Waals surface area contributed by atoms with Crippen LogP contribution in [-0.4, -0.2) is 5.78 Å². The number of thiophene rings is 1. The first kappa shape index (κ1) is 10.1. The lowest BCUT2D eigenvalue weighted by atomic mass is 10.1. The molecule has 0 saturated carbocycles. The van der Waals surface area contributed by atoms with E-state index in [1.165, 1.54) is 11.3 Å². The summed E-state index contributed by atoms with van der Waals surface area (Å²) in [5.41, 5.74) is 2.96. The molecule has 0 fully saturated rings. The Morgan fingerprint density at radius 2 is 2.00 bits per heavy atom. The van der Waals surface area contributed by atoms with Crippen LogP contribution in [0.5, 0.6) is 0 Å². The second-order valence-corrected chi connectivity index (χ2v) is 4.55. The first-order valence-corrected chi connectivity index (χ1v) is 5.72. The van der Waals surface area contributed by atoms with Crippen LogP contribution in [0.4, 0.5) is 0 Å². The number of benzene rings is 1. The van der Waals surface area contributed by atoms with Gasteiger partial charge in [-0.3, -0.25) is 4.79 Å². The van der Waals surface area contributed by atoms with Crippen molar-refractivity contribution in [1.82, 2.24) is 0 Å². The van der Waals surface area contributed by atoms with E-state index in [-0.39, 0.29) is 5.78 Å². The van der Waals surface area contributed by atoms with E-state index < -0.39 is 0 Å². The van der Waals surface area contributed by atoms with Crippen LogP contribution in [0, 0.1) is 13.8 Å². The Morgan fingerprint density at radius 1 is 1.20 bits per heavy atom. The van der Waals surface area contributed by atoms with Gasteiger partial charge in [-0.05, 0) is 36.9 Å². The molecule has 0 aliphatic heterocycles. The molecule has 2 rings (SSSR count). The van der Waals surface area contributed by atoms with E-state index in [1.807, 2.05) is 49.6 Å². The average molecular weight is 216 g/mol. The number of hydrogen-bond donors (Lipinski definition) is 0. The Hall–Kier alpha value is -1.41. The fraction of sp³-hybridized carbons (Fsp3) is 0.154. The summed E-state index contributed by atoms with van der Waals surface area (Å²) >= 11 is 1.51. The Bertz CT molecular complexity index is 497. The largest absolute Gasteiger partial charge is 0.288 e. The monoisotopic (exact) mass is 216 g/mol. The molecule has 0 aliphatic carbocycles. The second kappa shape index (κ2) is 3.99. The van der Waals surface area contributed by atoms with Crippen LogP contribution in [0.2, 0.25) is 0 Å². The van der Waals surface area contributed by atoms with Gasteiger partial charge in [0.2, 0.25) is 5.78 Å². The Morgan fingerprint density at radius 3 is 2.60 bits per heavy atom. The molecule has 0 atom stereocenters. The standard InChI is InChI=1S/C13H12OS/c1-9-4-3-5-11(8-9)12(14)13-10(2)6-7-15-13/h3-8H,1-2H3. The van der Waals surface area contributed by atoms with Crippen molar-refractivity contribution >= 4 is 17.1 Å². The van der Waals surface area contributed by atoms with Gasteiger partial charge in [0.1, 0.15) is 0 Å². The minimum atomic E-state index is 0.131. The van der Waals surface area contributed by atoms with Gasteiger partial charge in [0.25, 0.3) is 0 Å². The molecule has 0 aliphatic rings. The number of carbonyl (C=O) groups is 1. The summed E-state index contributed by atoms with van der Waals surface area (Å²) in [5, 5.41) is 1.96. The lowest BCUT2D eigenvalue weighted by Crippen LogP contribution is -2.00. The summed E-state index contributed by atoms with van der Waals surface area (Å²) in [6.07, 6.45) is 0. The predicted octanol–water partition coefficient (Wildman–Crippen LogP) is 3.60. The first-order chi connectivity index (χ1) is 7.18. The number of aryl methyl sites for hydroxylation is 2. The van der Waals surface area contributed by atoms with Gasteiger partial charge >= 0.3 is 0 Å². The van der Waals surface area contributed by atoms with Crippen molar-refractivity contribution in [3.05, 3.63) is 57.3 Å². The molecule has 0 unspecified atom stereocenters. The number of ketones is 1. The molecule has 1 aromatic heterocycles. The lowest BCUT2D eigenvalue weighted by molar-refractivity contribution is 0.104. The molecule has 2 aromatic rings. The van der Waals surface area contributed by atoms with Crippen LogP contribution in [0.3, 0.4) is 0 Å². The van der Waals surface area contributed by atoms with Gasteiger partial charge in [-0.2, -0.15) is 0 Å². The number of hydrogen-bond acceptors (Lipinski definition) is 2. The predicted molar refractivity (Wildman–Crippen MR) is 63.7 cm³/mol. The summed E-state index contributed by atoms with van der Waals surface area (Å²) in [6.45, 7) is 3.97. The Balaban J connectivity index is 2.41. The zero-order chi connectivity index (χ0) is 10.8. The van der Waals surface area contributed by atoms with E-state index in [0.717, 1.165) is 21.6 Å². The highest BCUT2D eigenvalue weighted by molar-refractivity contribution is 7.12. The van der Waals surface area contributed by atoms with E-state index in [1.54, 1.807) is 0 Å². The van der Waals surface area contributed by atoms with Crippen molar-refractivity contribution in [3.8, 4) is 0 Å². The normalized spacial score (nSPS) is 10.3. The molecule has 15 heavy (non-hydrogen) atoms. The molecule has 2 heteroatoms. The number of carbonyl (C=O) groups excluding carboxylic acids is 1. The molecule has 1 nitrogen and oxygen atoms in total. The van der Waals surface area contributed by atoms with E-state index in [4.69, 9.17) is 0 Å². The highest BCUT2D eigenvalue weighted by Gasteiger charge is 2.12. The third kappa shape index (κ3) is 2.00. The van der Waals surface area contributed by atoms with Crippen LogP contribution in [0.25, 0.3) is 0 Å². The van der Waals surface area contributed by atoms with E-state index in [9.17, 15) is 4.79 Å². The maximum absolute atomic E-state index is 12.1. The third-order valence-electron chi connectivity index (χ3n) is 2.35. The van der Waals surface area contributed by atoms with Gasteiger partial charge in [-0.1, -0.05) is 23.8 Å². The zero-order valence-electron chi connectivity index (χ0n) is 8.78. The smallest absolute Gasteiger partial charge is 0.203 e. The first-order valence-electron chi connectivity index (χ1n) is 4.84. The van der Waals surface area contributed by atoms with Crippen LogP contribution in [-0.2, 0) is 0 Å². The molecule has 0 saturated heterocycles. The highest BCUT2D eigenvalue weighted by atomic mass is 32.1. The van der Waals surface area contributed by atoms with Crippen molar-refractivity contribution in [2.24, 2.45) is 0 Å². The fourth-order valence-corrected chi connectivity index (χ4v) is 2.41. The summed E-state index contributed by atoms with van der Waals surface area (Å²) < 4.78 is 0. The molecule has 1 aromatic carbocycles. The molecular weight excluding hydrogens is 204 g/mol. The van der Waals surface area contributed by atoms with Crippen molar-refractivity contribution in [2.75, 3.05) is 0 Å². The van der Waals surface area contributed by atoms with E-state index in [2.05, 4.69) is 0 Å². The zero-order valence-corrected chi connectivity index (χ0v) is 9.60. The van der Waals surface area contributed by atoms with Crippen molar-refractivity contribution in [2.45, 2.75) is 13.8 Å². The molecular formula is C13H12OS. The van der Waals surface area contributed by atoms with Crippen LogP contribution in [0.15, 0.2) is 35.7 Å². The molecule has 0 N–H and O–H groups in total. The molecule has 0 bridgehead atoms. The SMILES string of the molecule is Cc1cccc(C(=O)c2sccc2C)c1. The Labute approximate surface area is 93.4 Å². The maximum atomic E-state index is 12.1. The minimum absolute atomic E-state index is 0.131. The molecule has 76 valence electrons. The van der Waals surface area contributed by atoms with Gasteiger partial charge in [-0.15, -0.1) is 11.3 Å². The van der Waals surface area contributed by atoms with E-state index >= 15 is 0 Å². The quantitative estimate of drug-likeness (QED) is 0.701. The lowest BCUT2D eigenvalue weighted by Gasteiger charge is -2.00. The van der Waals surface area contributed by atoms with Crippen LogP contribution in [0.1, 0.15) is 26.4 Å². The molecule has 0 spiro atoms. The van der Waals surface area contributed by atoms with Gasteiger partial charge in [-0.25, -0.2) is 0 Å². The van der Waals surface area contributed by atoms with Gasteiger partial charge in [0.15, 0.2) is 0 Å². The van der Waals surface area contributed by atoms with E-state index in [0.29, 0.717) is 0 Å². The summed E-state index contributed by atoms with van der Waals surface area (Å²) in [7, 11) is 0. The third-order valence-corrected chi connectivity index (χ3v) is 3.36. The maximum Gasteiger partial charge on any atom is 0.203 e. The molecule has 1 heterocycles. The van der Waals surface area contributed by atoms with Gasteiger partial charge < -0.3 is 0 Å². The summed E-state index contributed by atoms with van der Waals surface area (Å²) in [4.78, 5) is 12.9. The average Bonchev–Trinajstić information content (AvgIpc) is 2.63. The number of rotatable bonds is 2. The van der Waals surface area contributed by atoms with Gasteiger partial charge in [0.05, 0.1) is 4.88 Å². The van der Waals surface area contributed by atoms with Crippen molar-refractivity contribution < 1.29 is 4.79 Å². The topological polar surface area (TPSA) is 17.1 Å². The van der Waals surface area contributed by atoms with Crippen LogP contribution < -0.4 is 0 Å². The van der Waals surface area contributed by atoms with Gasteiger partial charge in [0, 0.05) is 5.56 Å². The fourth-order valence-electron chi connectivity index (χ4n) is 1.52. The Kier molecular flexibility index (Phi) is 2.69. The summed E-state index contributed by atoms with van der Waals surface area (Å²) in [5.74, 6) is 0.131. The van der Waals surface area contributed by atoms with Crippen molar-refractivity contribution in [1.29, 1.82) is 0 Å². The van der Waals surface area contributed by atoms with Crippen molar-refractivity contribution in [3.63, 3.8) is 0 Å². The molecule has 0 radical (unpaired) electrons. The minimum Gasteiger partial charge on any atom is -0.288 e. The highest BCUT2D eigenvalue weighted by Crippen LogP contribution is 2.20. The van der Waals surface area contributed by atoms with Crippen LogP contribution >= 0.6 is 11.3 Å².